The van der Waals surface area contributed by atoms with Gasteiger partial charge in [-0.2, -0.15) is 4.31 Å². The lowest BCUT2D eigenvalue weighted by Crippen LogP contribution is -2.53. The Labute approximate surface area is 177 Å². The number of carbonyl (C=O) groups is 1. The topological polar surface area (TPSA) is 95.8 Å². The fourth-order valence-electron chi connectivity index (χ4n) is 2.97. The lowest BCUT2D eigenvalue weighted by atomic mass is 10.2. The zero-order valence-corrected chi connectivity index (χ0v) is 18.5. The maximum Gasteiger partial charge on any atom is 0.244 e. The number of amides is 1. The van der Waals surface area contributed by atoms with Gasteiger partial charge in [-0.05, 0) is 32.0 Å². The normalized spacial score (nSPS) is 17.4. The maximum absolute atomic E-state index is 12.9. The summed E-state index contributed by atoms with van der Waals surface area (Å²) in [6.07, 6.45) is 0. The van der Waals surface area contributed by atoms with Crippen LogP contribution in [0.15, 0.2) is 38.2 Å². The summed E-state index contributed by atoms with van der Waals surface area (Å²) in [5.41, 5.74) is 0.674. The highest BCUT2D eigenvalue weighted by molar-refractivity contribution is 9.10. The molecule has 1 atom stereocenters. The van der Waals surface area contributed by atoms with Crippen LogP contribution in [0.4, 0.5) is 5.88 Å². The van der Waals surface area contributed by atoms with Crippen molar-refractivity contribution < 1.29 is 17.7 Å². The Balaban J connectivity index is 1.62. The first-order valence-electron chi connectivity index (χ1n) is 8.62. The molecule has 1 aliphatic rings. The van der Waals surface area contributed by atoms with E-state index in [1.54, 1.807) is 32.0 Å². The molecule has 0 unspecified atom stereocenters. The second kappa shape index (κ2) is 8.50. The molecule has 0 radical (unpaired) electrons. The van der Waals surface area contributed by atoms with Gasteiger partial charge in [0.2, 0.25) is 21.8 Å². The summed E-state index contributed by atoms with van der Waals surface area (Å²) in [5, 5.41) is 6.58. The number of hydrogen-bond acceptors (Lipinski definition) is 6. The van der Waals surface area contributed by atoms with Crippen LogP contribution in [0.3, 0.4) is 0 Å². The summed E-state index contributed by atoms with van der Waals surface area (Å²) in [5.74, 6) is 0.0591. The molecule has 152 valence electrons. The van der Waals surface area contributed by atoms with Gasteiger partial charge in [0.15, 0.2) is 0 Å². The molecule has 0 bridgehead atoms. The average Bonchev–Trinajstić information content (AvgIpc) is 3.05. The highest BCUT2D eigenvalue weighted by Gasteiger charge is 2.33. The number of benzene rings is 1. The lowest BCUT2D eigenvalue weighted by Gasteiger charge is -2.36. The van der Waals surface area contributed by atoms with Gasteiger partial charge in [0.05, 0.1) is 16.8 Å². The number of sulfonamides is 1. The molecule has 2 heterocycles. The molecule has 1 aromatic heterocycles. The van der Waals surface area contributed by atoms with Crippen LogP contribution < -0.4 is 5.32 Å². The maximum atomic E-state index is 12.9. The molecule has 0 aliphatic carbocycles. The van der Waals surface area contributed by atoms with E-state index >= 15 is 0 Å². The van der Waals surface area contributed by atoms with E-state index in [1.807, 2.05) is 4.90 Å². The number of aryl methyl sites for hydroxylation is 1. The number of carbonyl (C=O) groups excluding carboxylic acids is 1. The SMILES string of the molecule is Cc1cc(NC(=O)[C@@H](C)N2CCN(S(=O)(=O)c3ccc(Br)cc3Cl)CC2)on1. The van der Waals surface area contributed by atoms with Gasteiger partial charge in [0.25, 0.3) is 0 Å². The number of hydrogen-bond donors (Lipinski definition) is 1. The Morgan fingerprint density at radius 2 is 1.96 bits per heavy atom. The van der Waals surface area contributed by atoms with E-state index in [1.165, 1.54) is 10.4 Å². The van der Waals surface area contributed by atoms with Crippen LogP contribution in [0, 0.1) is 6.92 Å². The first-order valence-corrected chi connectivity index (χ1v) is 11.2. The third-order valence-electron chi connectivity index (χ3n) is 4.59. The molecular formula is C17H20BrClN4O4S. The minimum atomic E-state index is -3.69. The first-order chi connectivity index (χ1) is 13.2. The average molecular weight is 492 g/mol. The van der Waals surface area contributed by atoms with E-state index in [2.05, 4.69) is 26.4 Å². The molecule has 1 aromatic carbocycles. The van der Waals surface area contributed by atoms with E-state index in [0.29, 0.717) is 29.1 Å². The van der Waals surface area contributed by atoms with Crippen molar-refractivity contribution in [1.82, 2.24) is 14.4 Å². The van der Waals surface area contributed by atoms with Crippen LogP contribution in [-0.4, -0.2) is 60.9 Å². The first kappa shape index (κ1) is 21.3. The van der Waals surface area contributed by atoms with Gasteiger partial charge in [-0.15, -0.1) is 0 Å². The van der Waals surface area contributed by atoms with Crippen molar-refractivity contribution in [2.75, 3.05) is 31.5 Å². The van der Waals surface area contributed by atoms with Gasteiger partial charge < -0.3 is 4.52 Å². The number of piperazine rings is 1. The molecule has 0 spiro atoms. The Morgan fingerprint density at radius 3 is 2.54 bits per heavy atom. The molecule has 11 heteroatoms. The second-order valence-corrected chi connectivity index (χ2v) is 9.74. The van der Waals surface area contributed by atoms with Crippen LogP contribution >= 0.6 is 27.5 Å². The summed E-state index contributed by atoms with van der Waals surface area (Å²) in [7, 11) is -3.69. The Hall–Kier alpha value is -1.46. The number of nitrogens with zero attached hydrogens (tertiary/aromatic N) is 3. The fourth-order valence-corrected chi connectivity index (χ4v) is 5.40. The molecular weight excluding hydrogens is 472 g/mol. The molecule has 1 aliphatic heterocycles. The molecule has 2 aromatic rings. The minimum absolute atomic E-state index is 0.0808. The molecule has 28 heavy (non-hydrogen) atoms. The van der Waals surface area contributed by atoms with Crippen LogP contribution in [0.5, 0.6) is 0 Å². The predicted octanol–water partition coefficient (Wildman–Crippen LogP) is 2.73. The van der Waals surface area contributed by atoms with Crippen molar-refractivity contribution in [1.29, 1.82) is 0 Å². The third kappa shape index (κ3) is 4.57. The summed E-state index contributed by atoms with van der Waals surface area (Å²) < 4.78 is 32.9. The lowest BCUT2D eigenvalue weighted by molar-refractivity contribution is -0.121. The number of halogens is 2. The summed E-state index contributed by atoms with van der Waals surface area (Å²) in [6, 6.07) is 5.89. The number of rotatable bonds is 5. The van der Waals surface area contributed by atoms with Gasteiger partial charge >= 0.3 is 0 Å². The number of aromatic nitrogens is 1. The fraction of sp³-hybridized carbons (Fsp3) is 0.412. The highest BCUT2D eigenvalue weighted by Crippen LogP contribution is 2.28. The van der Waals surface area contributed by atoms with Crippen molar-refractivity contribution in [3.05, 3.63) is 39.5 Å². The highest BCUT2D eigenvalue weighted by atomic mass is 79.9. The van der Waals surface area contributed by atoms with Crippen LogP contribution in [0.2, 0.25) is 5.02 Å². The predicted molar refractivity (Wildman–Crippen MR) is 109 cm³/mol. The van der Waals surface area contributed by atoms with Crippen molar-refractivity contribution in [2.45, 2.75) is 24.8 Å². The van der Waals surface area contributed by atoms with Crippen LogP contribution in [0.25, 0.3) is 0 Å². The van der Waals surface area contributed by atoms with Crippen molar-refractivity contribution in [3.8, 4) is 0 Å². The summed E-state index contributed by atoms with van der Waals surface area (Å²) in [6.45, 7) is 4.94. The molecule has 1 N–H and O–H groups in total. The third-order valence-corrected chi connectivity index (χ3v) is 7.46. The molecule has 1 amide bonds. The Kier molecular flexibility index (Phi) is 6.45. The molecule has 1 fully saturated rings. The van der Waals surface area contributed by atoms with E-state index in [0.717, 1.165) is 0 Å². The zero-order valence-electron chi connectivity index (χ0n) is 15.4. The Morgan fingerprint density at radius 1 is 1.29 bits per heavy atom. The van der Waals surface area contributed by atoms with Crippen molar-refractivity contribution in [3.63, 3.8) is 0 Å². The van der Waals surface area contributed by atoms with Gasteiger partial charge in [0, 0.05) is 36.7 Å². The van der Waals surface area contributed by atoms with Crippen molar-refractivity contribution in [2.24, 2.45) is 0 Å². The van der Waals surface area contributed by atoms with E-state index in [9.17, 15) is 13.2 Å². The quantitative estimate of drug-likeness (QED) is 0.691. The van der Waals surface area contributed by atoms with E-state index in [-0.39, 0.29) is 28.9 Å². The second-order valence-electron chi connectivity index (χ2n) is 6.51. The van der Waals surface area contributed by atoms with Crippen LogP contribution in [-0.2, 0) is 14.8 Å². The number of anilines is 1. The zero-order chi connectivity index (χ0) is 20.5. The number of nitrogens with one attached hydrogen (secondary N) is 1. The smallest absolute Gasteiger partial charge is 0.244 e. The van der Waals surface area contributed by atoms with Gasteiger partial charge in [-0.25, -0.2) is 8.42 Å². The largest absolute Gasteiger partial charge is 0.338 e. The Bertz CT molecular complexity index is 973. The standard InChI is InChI=1S/C17H20BrClN4O4S/c1-11-9-16(27-21-11)20-17(24)12(2)22-5-7-23(8-6-22)28(25,26)15-4-3-13(18)10-14(15)19/h3-4,9-10,12H,5-8H2,1-2H3,(H,20,24)/t12-/m1/s1. The minimum Gasteiger partial charge on any atom is -0.338 e. The van der Waals surface area contributed by atoms with Gasteiger partial charge in [-0.1, -0.05) is 32.7 Å². The monoisotopic (exact) mass is 490 g/mol. The molecule has 0 saturated carbocycles. The van der Waals surface area contributed by atoms with E-state index < -0.39 is 16.1 Å². The van der Waals surface area contributed by atoms with E-state index in [4.69, 9.17) is 16.1 Å². The summed E-state index contributed by atoms with van der Waals surface area (Å²) in [4.78, 5) is 14.4. The van der Waals surface area contributed by atoms with Crippen LogP contribution in [0.1, 0.15) is 12.6 Å². The van der Waals surface area contributed by atoms with Gasteiger partial charge in [0.1, 0.15) is 4.90 Å². The summed E-state index contributed by atoms with van der Waals surface area (Å²) >= 11 is 9.39. The molecule has 1 saturated heterocycles. The molecule has 8 nitrogen and oxygen atoms in total. The van der Waals surface area contributed by atoms with Crippen molar-refractivity contribution >= 4 is 49.3 Å². The van der Waals surface area contributed by atoms with Gasteiger partial charge in [-0.3, -0.25) is 15.0 Å². The molecule has 3 rings (SSSR count).